The van der Waals surface area contributed by atoms with Crippen molar-refractivity contribution in [3.63, 3.8) is 0 Å². The summed E-state index contributed by atoms with van der Waals surface area (Å²) in [4.78, 5) is 0. The lowest BCUT2D eigenvalue weighted by Gasteiger charge is -2.36. The number of methoxy groups -OCH3 is 1. The molecule has 0 aliphatic heterocycles. The Labute approximate surface area is 251 Å². The van der Waals surface area contributed by atoms with E-state index >= 15 is 0 Å². The average Bonchev–Trinajstić information content (AvgIpc) is 2.90. The molecule has 0 aromatic heterocycles. The predicted octanol–water partition coefficient (Wildman–Crippen LogP) is 9.39. The summed E-state index contributed by atoms with van der Waals surface area (Å²) >= 11 is 12.5. The first-order valence-corrected chi connectivity index (χ1v) is 16.7. The minimum Gasteiger partial charge on any atom is -0.412 e. The van der Waals surface area contributed by atoms with Crippen LogP contribution in [0.5, 0.6) is 0 Å². The summed E-state index contributed by atoms with van der Waals surface area (Å²) in [6.45, 7) is 6.79. The zero-order chi connectivity index (χ0) is 26.9. The SMILES string of the molecule is CC1CCC(CCC2CCC(C)C(Cl)C2F)CC1.COC1CCC(CCC2CCC(C)CC2)C(Cl)C1F.O.O.[HH].[HH]. The van der Waals surface area contributed by atoms with Crippen molar-refractivity contribution in [3.05, 3.63) is 0 Å². The van der Waals surface area contributed by atoms with Crippen molar-refractivity contribution < 1.29 is 27.3 Å². The van der Waals surface area contributed by atoms with Gasteiger partial charge < -0.3 is 15.7 Å². The van der Waals surface area contributed by atoms with Gasteiger partial charge in [0.05, 0.1) is 16.9 Å². The third-order valence-corrected chi connectivity index (χ3v) is 12.0. The summed E-state index contributed by atoms with van der Waals surface area (Å²) in [6, 6.07) is 0. The summed E-state index contributed by atoms with van der Waals surface area (Å²) in [7, 11) is 1.59. The molecule has 0 bridgehead atoms. The summed E-state index contributed by atoms with van der Waals surface area (Å²) in [5, 5.41) is -0.587. The second kappa shape index (κ2) is 18.8. The highest BCUT2D eigenvalue weighted by Gasteiger charge is 2.39. The molecular formula is C32H64Cl2F2O3. The third kappa shape index (κ3) is 11.5. The fraction of sp³-hybridized carbons (Fsp3) is 1.00. The van der Waals surface area contributed by atoms with Gasteiger partial charge in [0.1, 0.15) is 12.3 Å². The molecule has 0 amide bonds. The van der Waals surface area contributed by atoms with Crippen molar-refractivity contribution in [3.8, 4) is 0 Å². The number of alkyl halides is 4. The lowest BCUT2D eigenvalue weighted by atomic mass is 9.75. The molecule has 0 aromatic carbocycles. The molecule has 0 spiro atoms. The van der Waals surface area contributed by atoms with E-state index in [2.05, 4.69) is 20.8 Å². The molecule has 0 saturated heterocycles. The Kier molecular flexibility index (Phi) is 18.0. The van der Waals surface area contributed by atoms with E-state index in [9.17, 15) is 8.78 Å². The van der Waals surface area contributed by atoms with E-state index in [0.717, 1.165) is 62.2 Å². The first-order chi connectivity index (χ1) is 17.7. The van der Waals surface area contributed by atoms with Crippen LogP contribution in [0.25, 0.3) is 0 Å². The molecule has 8 unspecified atom stereocenters. The molecule has 4 aliphatic rings. The maximum atomic E-state index is 14.2. The van der Waals surface area contributed by atoms with E-state index in [0.29, 0.717) is 11.8 Å². The Morgan fingerprint density at radius 1 is 0.590 bits per heavy atom. The Balaban J connectivity index is 0. The van der Waals surface area contributed by atoms with Gasteiger partial charge in [-0.05, 0) is 80.0 Å². The zero-order valence-corrected chi connectivity index (χ0v) is 26.7. The number of rotatable bonds is 7. The van der Waals surface area contributed by atoms with Gasteiger partial charge in [0, 0.05) is 9.96 Å². The van der Waals surface area contributed by atoms with Crippen LogP contribution >= 0.6 is 23.2 Å². The fourth-order valence-electron chi connectivity index (χ4n) is 7.52. The average molecular weight is 606 g/mol. The van der Waals surface area contributed by atoms with Crippen LogP contribution in [0.15, 0.2) is 0 Å². The molecular weight excluding hydrogens is 541 g/mol. The molecule has 39 heavy (non-hydrogen) atoms. The van der Waals surface area contributed by atoms with Gasteiger partial charge in [-0.2, -0.15) is 0 Å². The topological polar surface area (TPSA) is 72.2 Å². The van der Waals surface area contributed by atoms with Crippen molar-refractivity contribution >= 4 is 23.2 Å². The number of ether oxygens (including phenoxy) is 1. The van der Waals surface area contributed by atoms with E-state index < -0.39 is 12.3 Å². The monoisotopic (exact) mass is 604 g/mol. The van der Waals surface area contributed by atoms with E-state index in [1.807, 2.05) is 0 Å². The van der Waals surface area contributed by atoms with Crippen LogP contribution in [0.3, 0.4) is 0 Å². The third-order valence-electron chi connectivity index (χ3n) is 10.7. The molecule has 0 heterocycles. The standard InChI is InChI=1S/C16H28ClFO.C16H28ClF.2H2O.2H2/c1-11-3-5-12(6-4-11)7-8-13-9-10-14(19-2)16(18)15(13)17;1-11-3-6-13(7-4-11)8-10-14-9-5-12(2)15(17)16(14)18;;;;/h11-16H,3-10H2,1-2H3;11-16H,3-10H2,1-2H3;2*1H2;2*1H. The summed E-state index contributed by atoms with van der Waals surface area (Å²) in [6.07, 6.45) is 17.6. The van der Waals surface area contributed by atoms with Gasteiger partial charge in [-0.25, -0.2) is 8.78 Å². The number of hydrogen-bond donors (Lipinski definition) is 0. The highest BCUT2D eigenvalue weighted by Crippen LogP contribution is 2.40. The lowest BCUT2D eigenvalue weighted by Crippen LogP contribution is -2.41. The fourth-order valence-corrected chi connectivity index (χ4v) is 8.27. The molecule has 7 heteroatoms. The molecule has 0 aromatic rings. The van der Waals surface area contributed by atoms with Gasteiger partial charge in [0.15, 0.2) is 0 Å². The van der Waals surface area contributed by atoms with Crippen LogP contribution in [0.1, 0.15) is 126 Å². The van der Waals surface area contributed by atoms with Crippen molar-refractivity contribution in [2.45, 2.75) is 153 Å². The molecule has 4 aliphatic carbocycles. The van der Waals surface area contributed by atoms with Gasteiger partial charge in [0.25, 0.3) is 0 Å². The summed E-state index contributed by atoms with van der Waals surface area (Å²) < 4.78 is 33.4. The molecule has 0 radical (unpaired) electrons. The Morgan fingerprint density at radius 2 is 1.05 bits per heavy atom. The van der Waals surface area contributed by atoms with E-state index in [1.54, 1.807) is 7.11 Å². The molecule has 4 rings (SSSR count). The smallest absolute Gasteiger partial charge is 0.143 e. The van der Waals surface area contributed by atoms with Gasteiger partial charge in [-0.1, -0.05) is 85.0 Å². The second-order valence-corrected chi connectivity index (χ2v) is 14.6. The lowest BCUT2D eigenvalue weighted by molar-refractivity contribution is -0.00839. The molecule has 3 nitrogen and oxygen atoms in total. The molecule has 4 fully saturated rings. The maximum absolute atomic E-state index is 14.2. The largest absolute Gasteiger partial charge is 0.412 e. The Morgan fingerprint density at radius 3 is 1.54 bits per heavy atom. The van der Waals surface area contributed by atoms with Crippen molar-refractivity contribution in [2.24, 2.45) is 41.4 Å². The van der Waals surface area contributed by atoms with Crippen molar-refractivity contribution in [1.82, 2.24) is 0 Å². The van der Waals surface area contributed by atoms with Gasteiger partial charge in [-0.15, -0.1) is 23.2 Å². The predicted molar refractivity (Wildman–Crippen MR) is 167 cm³/mol. The van der Waals surface area contributed by atoms with E-state index in [4.69, 9.17) is 27.9 Å². The highest BCUT2D eigenvalue weighted by atomic mass is 35.5. The first-order valence-electron chi connectivity index (χ1n) is 15.8. The van der Waals surface area contributed by atoms with Crippen LogP contribution in [-0.2, 0) is 4.74 Å². The van der Waals surface area contributed by atoms with Crippen molar-refractivity contribution in [1.29, 1.82) is 0 Å². The Hall–Kier alpha value is 0.320. The summed E-state index contributed by atoms with van der Waals surface area (Å²) in [5.74, 6) is 4.49. The molecule has 8 atom stereocenters. The van der Waals surface area contributed by atoms with Gasteiger partial charge >= 0.3 is 0 Å². The zero-order valence-electron chi connectivity index (χ0n) is 25.2. The minimum atomic E-state index is -0.989. The number of hydrogen-bond acceptors (Lipinski definition) is 1. The first kappa shape index (κ1) is 37.3. The molecule has 4 N–H and O–H groups in total. The second-order valence-electron chi connectivity index (χ2n) is 13.6. The quantitative estimate of drug-likeness (QED) is 0.267. The highest BCUT2D eigenvalue weighted by molar-refractivity contribution is 6.21. The van der Waals surface area contributed by atoms with Crippen LogP contribution in [0, 0.1) is 41.4 Å². The minimum absolute atomic E-state index is 0. The van der Waals surface area contributed by atoms with E-state index in [-0.39, 0.29) is 36.6 Å². The van der Waals surface area contributed by atoms with Gasteiger partial charge in [0.2, 0.25) is 0 Å². The van der Waals surface area contributed by atoms with Crippen LogP contribution < -0.4 is 0 Å². The van der Waals surface area contributed by atoms with Crippen molar-refractivity contribution in [2.75, 3.05) is 7.11 Å². The number of halogens is 4. The summed E-state index contributed by atoms with van der Waals surface area (Å²) in [5.41, 5.74) is 0. The van der Waals surface area contributed by atoms with Crippen LogP contribution in [-0.4, -0.2) is 47.3 Å². The van der Waals surface area contributed by atoms with E-state index in [1.165, 1.54) is 64.2 Å². The maximum Gasteiger partial charge on any atom is 0.143 e. The normalized spacial score (nSPS) is 42.8. The van der Waals surface area contributed by atoms with Crippen LogP contribution in [0.2, 0.25) is 0 Å². The van der Waals surface area contributed by atoms with Crippen LogP contribution in [0.4, 0.5) is 8.78 Å². The molecule has 4 saturated carbocycles. The Bertz CT molecular complexity index is 640. The van der Waals surface area contributed by atoms with Gasteiger partial charge in [-0.3, -0.25) is 0 Å². The molecule has 238 valence electrons.